The maximum atomic E-state index is 11.6. The van der Waals surface area contributed by atoms with E-state index in [1.807, 2.05) is 6.07 Å². The van der Waals surface area contributed by atoms with Gasteiger partial charge in [0.1, 0.15) is 6.04 Å². The molecule has 110 valence electrons. The minimum atomic E-state index is -0.794. The van der Waals surface area contributed by atoms with Crippen molar-refractivity contribution in [2.24, 2.45) is 0 Å². The lowest BCUT2D eigenvalue weighted by atomic mass is 9.90. The number of piperidine rings is 1. The van der Waals surface area contributed by atoms with E-state index in [0.717, 1.165) is 31.5 Å². The van der Waals surface area contributed by atoms with E-state index in [9.17, 15) is 9.90 Å². The molecule has 0 radical (unpaired) electrons. The van der Waals surface area contributed by atoms with E-state index in [2.05, 4.69) is 26.7 Å². The van der Waals surface area contributed by atoms with Crippen LogP contribution in [0.1, 0.15) is 35.9 Å². The summed E-state index contributed by atoms with van der Waals surface area (Å²) in [5, 5.41) is 13.9. The van der Waals surface area contributed by atoms with Gasteiger partial charge in [0.25, 0.3) is 0 Å². The molecule has 1 fully saturated rings. The van der Waals surface area contributed by atoms with Crippen molar-refractivity contribution in [2.75, 3.05) is 13.1 Å². The Bertz CT molecular complexity index is 578. The van der Waals surface area contributed by atoms with Gasteiger partial charge in [0.2, 0.25) is 0 Å². The highest BCUT2D eigenvalue weighted by Crippen LogP contribution is 2.33. The Hall–Kier alpha value is -1.72. The number of aromatic nitrogens is 1. The molecule has 1 atom stereocenters. The fourth-order valence-corrected chi connectivity index (χ4v) is 3.79. The molecule has 0 aliphatic carbocycles. The van der Waals surface area contributed by atoms with E-state index < -0.39 is 12.0 Å². The Morgan fingerprint density at radius 1 is 1.38 bits per heavy atom. The van der Waals surface area contributed by atoms with E-state index >= 15 is 0 Å². The van der Waals surface area contributed by atoms with Gasteiger partial charge in [-0.1, -0.05) is 6.07 Å². The van der Waals surface area contributed by atoms with Crippen LogP contribution in [0.3, 0.4) is 0 Å². The second-order valence-electron chi connectivity index (χ2n) is 5.39. The van der Waals surface area contributed by atoms with Gasteiger partial charge in [-0.05, 0) is 65.9 Å². The number of thiophene rings is 1. The zero-order valence-corrected chi connectivity index (χ0v) is 12.5. The summed E-state index contributed by atoms with van der Waals surface area (Å²) in [4.78, 5) is 17.7. The molecule has 0 spiro atoms. The molecule has 2 aromatic heterocycles. The Balaban J connectivity index is 1.71. The van der Waals surface area contributed by atoms with Crippen LogP contribution in [0.5, 0.6) is 0 Å². The average Bonchev–Trinajstić information content (AvgIpc) is 3.03. The molecule has 1 saturated heterocycles. The van der Waals surface area contributed by atoms with Crippen molar-refractivity contribution in [3.05, 3.63) is 52.5 Å². The zero-order valence-electron chi connectivity index (χ0n) is 11.7. The summed E-state index contributed by atoms with van der Waals surface area (Å²) < 4.78 is 0. The summed E-state index contributed by atoms with van der Waals surface area (Å²) in [6.07, 6.45) is 5.36. The van der Waals surface area contributed by atoms with Gasteiger partial charge in [-0.3, -0.25) is 14.7 Å². The Kier molecular flexibility index (Phi) is 4.31. The van der Waals surface area contributed by atoms with Crippen LogP contribution in [0.25, 0.3) is 0 Å². The standard InChI is InChI=1S/C16H18N2O2S/c19-16(20)15(13-2-1-6-17-10-13)18-7-3-12(4-8-18)14-5-9-21-11-14/h1-2,5-6,9-12,15H,3-4,7-8H2,(H,19,20). The fourth-order valence-electron chi connectivity index (χ4n) is 3.05. The fraction of sp³-hybridized carbons (Fsp3) is 0.375. The van der Waals surface area contributed by atoms with Crippen molar-refractivity contribution >= 4 is 17.3 Å². The topological polar surface area (TPSA) is 53.4 Å². The van der Waals surface area contributed by atoms with Gasteiger partial charge in [0.15, 0.2) is 0 Å². The van der Waals surface area contributed by atoms with Crippen LogP contribution in [-0.4, -0.2) is 34.0 Å². The third-order valence-corrected chi connectivity index (χ3v) is 4.84. The minimum absolute atomic E-state index is 0.566. The van der Waals surface area contributed by atoms with Gasteiger partial charge >= 0.3 is 5.97 Å². The van der Waals surface area contributed by atoms with E-state index in [4.69, 9.17) is 0 Å². The monoisotopic (exact) mass is 302 g/mol. The summed E-state index contributed by atoms with van der Waals surface area (Å²) in [7, 11) is 0. The Labute approximate surface area is 128 Å². The van der Waals surface area contributed by atoms with Gasteiger partial charge in [0.05, 0.1) is 0 Å². The summed E-state index contributed by atoms with van der Waals surface area (Å²) in [5.74, 6) is -0.229. The van der Waals surface area contributed by atoms with E-state index in [0.29, 0.717) is 5.92 Å². The molecule has 4 nitrogen and oxygen atoms in total. The lowest BCUT2D eigenvalue weighted by Crippen LogP contribution is -2.39. The summed E-state index contributed by atoms with van der Waals surface area (Å²) >= 11 is 1.73. The molecular weight excluding hydrogens is 284 g/mol. The molecule has 0 saturated carbocycles. The Morgan fingerprint density at radius 2 is 2.19 bits per heavy atom. The van der Waals surface area contributed by atoms with Gasteiger partial charge in [-0.25, -0.2) is 0 Å². The molecule has 1 aliphatic heterocycles. The normalized spacial score (nSPS) is 18.5. The van der Waals surface area contributed by atoms with E-state index in [1.54, 1.807) is 29.8 Å². The number of likely N-dealkylation sites (tertiary alicyclic amines) is 1. The first-order chi connectivity index (χ1) is 10.3. The van der Waals surface area contributed by atoms with Crippen molar-refractivity contribution < 1.29 is 9.90 Å². The quantitative estimate of drug-likeness (QED) is 0.942. The first-order valence-electron chi connectivity index (χ1n) is 7.14. The molecule has 1 aliphatic rings. The molecule has 0 bridgehead atoms. The number of carboxylic acids is 1. The number of hydrogen-bond acceptors (Lipinski definition) is 4. The summed E-state index contributed by atoms with van der Waals surface area (Å²) in [6, 6.07) is 5.24. The third kappa shape index (κ3) is 3.14. The predicted octanol–water partition coefficient (Wildman–Crippen LogP) is 3.15. The highest BCUT2D eigenvalue weighted by molar-refractivity contribution is 7.07. The van der Waals surface area contributed by atoms with Crippen LogP contribution in [0.15, 0.2) is 41.4 Å². The number of hydrogen-bond donors (Lipinski definition) is 1. The molecule has 0 aromatic carbocycles. The molecule has 3 heterocycles. The first-order valence-corrected chi connectivity index (χ1v) is 8.09. The molecule has 1 unspecified atom stereocenters. The second-order valence-corrected chi connectivity index (χ2v) is 6.17. The van der Waals surface area contributed by atoms with Gasteiger partial charge in [0, 0.05) is 12.4 Å². The molecule has 1 N–H and O–H groups in total. The number of carbonyl (C=O) groups is 1. The average molecular weight is 302 g/mol. The maximum Gasteiger partial charge on any atom is 0.325 e. The largest absolute Gasteiger partial charge is 0.480 e. The number of pyridine rings is 1. The van der Waals surface area contributed by atoms with E-state index in [-0.39, 0.29) is 0 Å². The lowest BCUT2D eigenvalue weighted by Gasteiger charge is -2.35. The minimum Gasteiger partial charge on any atom is -0.480 e. The van der Waals surface area contributed by atoms with Gasteiger partial charge in [-0.15, -0.1) is 0 Å². The van der Waals surface area contributed by atoms with Crippen LogP contribution in [0, 0.1) is 0 Å². The van der Waals surface area contributed by atoms with Crippen LogP contribution >= 0.6 is 11.3 Å². The molecule has 2 aromatic rings. The number of carboxylic acid groups (broad SMARTS) is 1. The van der Waals surface area contributed by atoms with Crippen LogP contribution in [0.4, 0.5) is 0 Å². The maximum absolute atomic E-state index is 11.6. The number of aliphatic carboxylic acids is 1. The first kappa shape index (κ1) is 14.2. The zero-order chi connectivity index (χ0) is 14.7. The summed E-state index contributed by atoms with van der Waals surface area (Å²) in [6.45, 7) is 1.62. The van der Waals surface area contributed by atoms with Crippen molar-refractivity contribution in [2.45, 2.75) is 24.8 Å². The smallest absolute Gasteiger partial charge is 0.325 e. The van der Waals surface area contributed by atoms with Crippen molar-refractivity contribution in [1.82, 2.24) is 9.88 Å². The van der Waals surface area contributed by atoms with Crippen LogP contribution in [-0.2, 0) is 4.79 Å². The predicted molar refractivity (Wildman–Crippen MR) is 82.5 cm³/mol. The van der Waals surface area contributed by atoms with E-state index in [1.165, 1.54) is 5.56 Å². The van der Waals surface area contributed by atoms with Crippen LogP contribution in [0.2, 0.25) is 0 Å². The molecule has 0 amide bonds. The molecule has 5 heteroatoms. The Morgan fingerprint density at radius 3 is 2.76 bits per heavy atom. The van der Waals surface area contributed by atoms with Crippen molar-refractivity contribution in [3.8, 4) is 0 Å². The highest BCUT2D eigenvalue weighted by Gasteiger charge is 2.31. The molecule has 21 heavy (non-hydrogen) atoms. The second kappa shape index (κ2) is 6.37. The molecular formula is C16H18N2O2S. The summed E-state index contributed by atoms with van der Waals surface area (Å²) in [5.41, 5.74) is 2.16. The van der Waals surface area contributed by atoms with Crippen molar-refractivity contribution in [1.29, 1.82) is 0 Å². The highest BCUT2D eigenvalue weighted by atomic mass is 32.1. The van der Waals surface area contributed by atoms with Crippen LogP contribution < -0.4 is 0 Å². The number of rotatable bonds is 4. The number of nitrogens with zero attached hydrogens (tertiary/aromatic N) is 2. The SMILES string of the molecule is O=C(O)C(c1cccnc1)N1CCC(c2ccsc2)CC1. The third-order valence-electron chi connectivity index (χ3n) is 4.14. The van der Waals surface area contributed by atoms with Gasteiger partial charge < -0.3 is 5.11 Å². The lowest BCUT2D eigenvalue weighted by molar-refractivity contribution is -0.144. The van der Waals surface area contributed by atoms with Gasteiger partial charge in [-0.2, -0.15) is 11.3 Å². The van der Waals surface area contributed by atoms with Crippen molar-refractivity contribution in [3.63, 3.8) is 0 Å². The molecule has 3 rings (SSSR count).